The third kappa shape index (κ3) is 8.25. The summed E-state index contributed by atoms with van der Waals surface area (Å²) in [5.41, 5.74) is 3.22. The van der Waals surface area contributed by atoms with Gasteiger partial charge < -0.3 is 24.0 Å². The number of carboxylic acids is 1. The van der Waals surface area contributed by atoms with E-state index in [0.717, 1.165) is 34.3 Å². The molecule has 0 unspecified atom stereocenters. The number of carboxylic acid groups (broad SMARTS) is 1. The second kappa shape index (κ2) is 14.7. The fourth-order valence-electron chi connectivity index (χ4n) is 4.18. The number of unbranched alkanes of at least 4 members (excludes halogenated alkanes) is 1. The van der Waals surface area contributed by atoms with Crippen LogP contribution in [0.4, 0.5) is 4.79 Å². The Morgan fingerprint density at radius 1 is 1.05 bits per heavy atom. The van der Waals surface area contributed by atoms with E-state index >= 15 is 0 Å². The molecule has 43 heavy (non-hydrogen) atoms. The van der Waals surface area contributed by atoms with E-state index < -0.39 is 17.2 Å². The highest BCUT2D eigenvalue weighted by Crippen LogP contribution is 2.30. The highest BCUT2D eigenvalue weighted by atomic mass is 35.5. The molecule has 0 radical (unpaired) electrons. The van der Waals surface area contributed by atoms with Gasteiger partial charge in [0.15, 0.2) is 10.8 Å². The van der Waals surface area contributed by atoms with Gasteiger partial charge in [-0.3, -0.25) is 0 Å². The first-order chi connectivity index (χ1) is 20.8. The van der Waals surface area contributed by atoms with Gasteiger partial charge in [-0.15, -0.1) is 25.1 Å². The highest BCUT2D eigenvalue weighted by molar-refractivity contribution is 6.32. The molecule has 4 aromatic rings. The molecular weight excluding hydrogens is 586 g/mol. The summed E-state index contributed by atoms with van der Waals surface area (Å²) in [5, 5.41) is 31.2. The molecule has 0 saturated carbocycles. The summed E-state index contributed by atoms with van der Waals surface area (Å²) < 4.78 is 11.4. The van der Waals surface area contributed by atoms with Gasteiger partial charge in [-0.05, 0) is 28.3 Å². The van der Waals surface area contributed by atoms with E-state index in [1.54, 1.807) is 4.57 Å². The molecule has 0 aliphatic rings. The Balaban J connectivity index is 1.43. The lowest BCUT2D eigenvalue weighted by molar-refractivity contribution is -0.757. The monoisotopic (exact) mass is 613 g/mol. The van der Waals surface area contributed by atoms with Gasteiger partial charge in [0, 0.05) is 24.9 Å². The molecule has 15 nitrogen and oxygen atoms in total. The number of hydrogen-bond acceptors (Lipinski definition) is 11. The molecule has 0 fully saturated rings. The minimum Gasteiger partial charge on any atom is -0.476 e. The molecule has 0 amide bonds. The lowest BCUT2D eigenvalue weighted by Crippen LogP contribution is -2.14. The quantitative estimate of drug-likeness (QED) is 0.0847. The number of aryl methyl sites for hydroxylation is 1. The molecule has 2 aromatic carbocycles. The van der Waals surface area contributed by atoms with Crippen molar-refractivity contribution in [1.29, 1.82) is 0 Å². The Morgan fingerprint density at radius 3 is 2.49 bits per heavy atom. The SMILES string of the molecule is CCCCc1nc(Cl)c(C(=O)O)n1Cc1ccc(-c2ccccc2-c2nnn(COC(=O)OCCCO[N+](=O)[O-])n2)cc1. The van der Waals surface area contributed by atoms with E-state index in [4.69, 9.17) is 21.1 Å². The lowest BCUT2D eigenvalue weighted by atomic mass is 9.98. The Hall–Kier alpha value is -5.05. The van der Waals surface area contributed by atoms with Crippen molar-refractivity contribution < 1.29 is 34.1 Å². The maximum absolute atomic E-state index is 11.9. The van der Waals surface area contributed by atoms with Gasteiger partial charge in [0.2, 0.25) is 12.6 Å². The molecule has 0 atom stereocenters. The average molecular weight is 614 g/mol. The second-order valence-corrected chi connectivity index (χ2v) is 9.53. The largest absolute Gasteiger partial charge is 0.510 e. The second-order valence-electron chi connectivity index (χ2n) is 9.17. The van der Waals surface area contributed by atoms with Gasteiger partial charge in [-0.1, -0.05) is 73.5 Å². The minimum atomic E-state index is -1.13. The molecule has 0 aliphatic heterocycles. The van der Waals surface area contributed by atoms with Crippen LogP contribution < -0.4 is 0 Å². The first-order valence-electron chi connectivity index (χ1n) is 13.3. The van der Waals surface area contributed by atoms with E-state index in [2.05, 4.69) is 32.2 Å². The summed E-state index contributed by atoms with van der Waals surface area (Å²) in [7, 11) is 0. The molecule has 0 aliphatic carbocycles. The zero-order valence-electron chi connectivity index (χ0n) is 23.1. The van der Waals surface area contributed by atoms with Gasteiger partial charge >= 0.3 is 12.1 Å². The molecule has 0 spiro atoms. The van der Waals surface area contributed by atoms with Gasteiger partial charge in [-0.25, -0.2) is 14.6 Å². The standard InChI is InChI=1S/C27H28ClN7O8/c1-2-3-9-22-29-24(28)23(26(36)37)33(22)16-18-10-12-19(13-11-18)20-7-4-5-8-21(20)25-30-32-34(31-25)17-42-27(38)41-14-6-15-43-35(39)40/h4-5,7-8,10-13H,2-3,6,9,14-17H2,1H3,(H,36,37). The zero-order valence-corrected chi connectivity index (χ0v) is 23.8. The van der Waals surface area contributed by atoms with Crippen LogP contribution >= 0.6 is 11.6 Å². The first-order valence-corrected chi connectivity index (χ1v) is 13.7. The van der Waals surface area contributed by atoms with Crippen LogP contribution in [-0.4, -0.2) is 65.3 Å². The van der Waals surface area contributed by atoms with Crippen molar-refractivity contribution >= 4 is 23.7 Å². The molecule has 1 N–H and O–H groups in total. The van der Waals surface area contributed by atoms with Crippen LogP contribution in [-0.2, 0) is 34.0 Å². The summed E-state index contributed by atoms with van der Waals surface area (Å²) in [6, 6.07) is 15.1. The number of halogens is 1. The fourth-order valence-corrected chi connectivity index (χ4v) is 4.46. The van der Waals surface area contributed by atoms with Crippen LogP contribution in [0.25, 0.3) is 22.5 Å². The minimum absolute atomic E-state index is 0.0210. The van der Waals surface area contributed by atoms with Gasteiger partial charge in [-0.2, -0.15) is 0 Å². The lowest BCUT2D eigenvalue weighted by Gasteiger charge is -2.12. The summed E-state index contributed by atoms with van der Waals surface area (Å²) in [4.78, 5) is 43.2. The summed E-state index contributed by atoms with van der Waals surface area (Å²) >= 11 is 6.16. The van der Waals surface area contributed by atoms with Crippen molar-refractivity contribution in [3.05, 3.63) is 80.9 Å². The van der Waals surface area contributed by atoms with Crippen LogP contribution in [0.3, 0.4) is 0 Å². The number of aromatic carboxylic acids is 1. The first kappa shape index (κ1) is 30.9. The number of nitrogens with zero attached hydrogens (tertiary/aromatic N) is 7. The van der Waals surface area contributed by atoms with E-state index in [0.29, 0.717) is 30.2 Å². The molecule has 4 rings (SSSR count). The number of rotatable bonds is 15. The van der Waals surface area contributed by atoms with Gasteiger partial charge in [0.1, 0.15) is 5.82 Å². The van der Waals surface area contributed by atoms with Crippen molar-refractivity contribution in [1.82, 2.24) is 29.8 Å². The molecular formula is C27H28ClN7O8. The number of benzene rings is 2. The van der Waals surface area contributed by atoms with Crippen LogP contribution in [0.1, 0.15) is 48.1 Å². The topological polar surface area (TPSA) is 187 Å². The van der Waals surface area contributed by atoms with E-state index in [9.17, 15) is 24.8 Å². The number of carbonyl (C=O) groups is 2. The summed E-state index contributed by atoms with van der Waals surface area (Å²) in [6.45, 7) is 1.67. The number of tetrazole rings is 1. The van der Waals surface area contributed by atoms with Gasteiger partial charge in [0.25, 0.3) is 5.09 Å². The van der Waals surface area contributed by atoms with E-state index in [1.165, 1.54) is 0 Å². The van der Waals surface area contributed by atoms with Crippen LogP contribution in [0.15, 0.2) is 48.5 Å². The number of carbonyl (C=O) groups excluding carboxylic acids is 1. The maximum atomic E-state index is 11.9. The van der Waals surface area contributed by atoms with Gasteiger partial charge in [0.05, 0.1) is 13.2 Å². The molecule has 2 heterocycles. The molecule has 0 bridgehead atoms. The number of imidazole rings is 1. The predicted molar refractivity (Wildman–Crippen MR) is 151 cm³/mol. The zero-order chi connectivity index (χ0) is 30.8. The van der Waals surface area contributed by atoms with E-state index in [-0.39, 0.29) is 37.2 Å². The Labute approximate surface area is 250 Å². The molecule has 0 saturated heterocycles. The normalized spacial score (nSPS) is 10.8. The van der Waals surface area contributed by atoms with Crippen molar-refractivity contribution in [2.45, 2.75) is 45.9 Å². The Bertz CT molecular complexity index is 1570. The fraction of sp³-hybridized carbons (Fsp3) is 0.333. The van der Waals surface area contributed by atoms with Crippen LogP contribution in [0, 0.1) is 10.1 Å². The third-order valence-electron chi connectivity index (χ3n) is 6.19. The molecule has 16 heteroatoms. The van der Waals surface area contributed by atoms with Crippen LogP contribution in [0.5, 0.6) is 0 Å². The smallest absolute Gasteiger partial charge is 0.476 e. The number of hydrogen-bond donors (Lipinski definition) is 1. The van der Waals surface area contributed by atoms with Crippen LogP contribution in [0.2, 0.25) is 5.15 Å². The van der Waals surface area contributed by atoms with E-state index in [1.807, 2.05) is 48.5 Å². The molecule has 226 valence electrons. The Kier molecular flexibility index (Phi) is 10.6. The summed E-state index contributed by atoms with van der Waals surface area (Å²) in [6.07, 6.45) is 1.55. The van der Waals surface area contributed by atoms with Crippen molar-refractivity contribution in [2.24, 2.45) is 0 Å². The molecule has 2 aromatic heterocycles. The predicted octanol–water partition coefficient (Wildman–Crippen LogP) is 4.66. The summed E-state index contributed by atoms with van der Waals surface area (Å²) in [5.74, 6) is -0.199. The number of aromatic nitrogens is 6. The maximum Gasteiger partial charge on any atom is 0.510 e. The average Bonchev–Trinajstić information content (AvgIpc) is 3.59. The third-order valence-corrected chi connectivity index (χ3v) is 6.45. The number of ether oxygens (including phenoxy) is 2. The van der Waals surface area contributed by atoms with Crippen molar-refractivity contribution in [2.75, 3.05) is 13.2 Å². The van der Waals surface area contributed by atoms with Crippen molar-refractivity contribution in [3.63, 3.8) is 0 Å². The Morgan fingerprint density at radius 2 is 1.79 bits per heavy atom. The van der Waals surface area contributed by atoms with Crippen molar-refractivity contribution in [3.8, 4) is 22.5 Å². The highest BCUT2D eigenvalue weighted by Gasteiger charge is 2.21.